The smallest absolute Gasteiger partial charge is 0.224 e. The molecule has 110 valence electrons. The van der Waals surface area contributed by atoms with Gasteiger partial charge in [0.05, 0.1) is 6.42 Å². The van der Waals surface area contributed by atoms with E-state index >= 15 is 0 Å². The van der Waals surface area contributed by atoms with E-state index in [1.54, 1.807) is 0 Å². The third-order valence-corrected chi connectivity index (χ3v) is 3.65. The Hall–Kier alpha value is -1.80. The number of rotatable bonds is 6. The largest absolute Gasteiger partial charge is 0.353 e. The normalized spacial score (nSPS) is 11.9. The quantitative estimate of drug-likeness (QED) is 0.858. The van der Waals surface area contributed by atoms with Crippen molar-refractivity contribution in [1.29, 1.82) is 0 Å². The standard InChI is InChI=1S/C18H20ClNO/c1-14(7-8-15-5-3-2-4-6-15)20-18(21)13-16-9-11-17(19)12-10-16/h2-6,9-12,14H,7-8,13H2,1H3,(H,20,21)/t14-/m1/s1. The fourth-order valence-electron chi connectivity index (χ4n) is 2.21. The summed E-state index contributed by atoms with van der Waals surface area (Å²) in [6.07, 6.45) is 2.31. The van der Waals surface area contributed by atoms with E-state index < -0.39 is 0 Å². The molecule has 0 bridgehead atoms. The number of hydrogen-bond acceptors (Lipinski definition) is 1. The van der Waals surface area contributed by atoms with Crippen molar-refractivity contribution in [3.8, 4) is 0 Å². The first-order valence-corrected chi connectivity index (χ1v) is 7.59. The molecule has 3 heteroatoms. The van der Waals surface area contributed by atoms with Crippen molar-refractivity contribution in [3.05, 3.63) is 70.7 Å². The van der Waals surface area contributed by atoms with Crippen molar-refractivity contribution in [2.24, 2.45) is 0 Å². The predicted octanol–water partition coefficient (Wildman–Crippen LogP) is 4.02. The zero-order valence-corrected chi connectivity index (χ0v) is 12.9. The summed E-state index contributed by atoms with van der Waals surface area (Å²) in [6.45, 7) is 2.04. The van der Waals surface area contributed by atoms with Gasteiger partial charge in [-0.15, -0.1) is 0 Å². The molecule has 0 saturated heterocycles. The molecule has 0 unspecified atom stereocenters. The van der Waals surface area contributed by atoms with Crippen LogP contribution in [0.2, 0.25) is 5.02 Å². The Morgan fingerprint density at radius 3 is 2.38 bits per heavy atom. The molecule has 2 aromatic rings. The highest BCUT2D eigenvalue weighted by atomic mass is 35.5. The fourth-order valence-corrected chi connectivity index (χ4v) is 2.34. The minimum atomic E-state index is 0.0536. The summed E-state index contributed by atoms with van der Waals surface area (Å²) in [7, 11) is 0. The van der Waals surface area contributed by atoms with Gasteiger partial charge in [-0.2, -0.15) is 0 Å². The molecule has 1 amide bonds. The highest BCUT2D eigenvalue weighted by Crippen LogP contribution is 2.10. The molecular formula is C18H20ClNO. The molecular weight excluding hydrogens is 282 g/mol. The van der Waals surface area contributed by atoms with Crippen molar-refractivity contribution >= 4 is 17.5 Å². The fraction of sp³-hybridized carbons (Fsp3) is 0.278. The first-order valence-electron chi connectivity index (χ1n) is 7.21. The Morgan fingerprint density at radius 2 is 1.71 bits per heavy atom. The van der Waals surface area contributed by atoms with Crippen molar-refractivity contribution in [2.75, 3.05) is 0 Å². The molecule has 2 rings (SSSR count). The van der Waals surface area contributed by atoms with Crippen LogP contribution in [0.15, 0.2) is 54.6 Å². The Kier molecular flexibility index (Phi) is 5.82. The van der Waals surface area contributed by atoms with Gasteiger partial charge in [-0.25, -0.2) is 0 Å². The van der Waals surface area contributed by atoms with Crippen LogP contribution in [-0.2, 0) is 17.6 Å². The van der Waals surface area contributed by atoms with Gasteiger partial charge in [0.25, 0.3) is 0 Å². The topological polar surface area (TPSA) is 29.1 Å². The minimum Gasteiger partial charge on any atom is -0.353 e. The maximum absolute atomic E-state index is 12.0. The molecule has 0 saturated carbocycles. The summed E-state index contributed by atoms with van der Waals surface area (Å²) in [5, 5.41) is 3.73. The molecule has 0 heterocycles. The molecule has 1 N–H and O–H groups in total. The number of halogens is 1. The number of aryl methyl sites for hydroxylation is 1. The molecule has 0 radical (unpaired) electrons. The predicted molar refractivity (Wildman–Crippen MR) is 87.5 cm³/mol. The molecule has 0 aliphatic heterocycles. The van der Waals surface area contributed by atoms with E-state index in [0.717, 1.165) is 18.4 Å². The lowest BCUT2D eigenvalue weighted by Gasteiger charge is -2.14. The number of amides is 1. The molecule has 2 aromatic carbocycles. The SMILES string of the molecule is C[C@H](CCc1ccccc1)NC(=O)Cc1ccc(Cl)cc1. The molecule has 0 spiro atoms. The highest BCUT2D eigenvalue weighted by Gasteiger charge is 2.08. The van der Waals surface area contributed by atoms with Gasteiger partial charge in [0, 0.05) is 11.1 Å². The number of benzene rings is 2. The van der Waals surface area contributed by atoms with E-state index in [0.29, 0.717) is 11.4 Å². The molecule has 0 fully saturated rings. The van der Waals surface area contributed by atoms with Gasteiger partial charge in [0.1, 0.15) is 0 Å². The van der Waals surface area contributed by atoms with Crippen molar-refractivity contribution < 1.29 is 4.79 Å². The van der Waals surface area contributed by atoms with E-state index in [4.69, 9.17) is 11.6 Å². The third kappa shape index (κ3) is 5.60. The molecule has 0 aliphatic carbocycles. The zero-order valence-electron chi connectivity index (χ0n) is 12.2. The first-order chi connectivity index (χ1) is 10.1. The summed E-state index contributed by atoms with van der Waals surface area (Å²) in [6, 6.07) is 17.9. The average Bonchev–Trinajstić information content (AvgIpc) is 2.48. The van der Waals surface area contributed by atoms with Gasteiger partial charge in [0.2, 0.25) is 5.91 Å². The number of carbonyl (C=O) groups is 1. The third-order valence-electron chi connectivity index (χ3n) is 3.39. The first kappa shape index (κ1) is 15.6. The van der Waals surface area contributed by atoms with Crippen molar-refractivity contribution in [1.82, 2.24) is 5.32 Å². The van der Waals surface area contributed by atoms with E-state index in [1.807, 2.05) is 49.4 Å². The van der Waals surface area contributed by atoms with E-state index in [1.165, 1.54) is 5.56 Å². The Bertz CT molecular complexity index is 566. The van der Waals surface area contributed by atoms with E-state index in [9.17, 15) is 4.79 Å². The Morgan fingerprint density at radius 1 is 1.05 bits per heavy atom. The summed E-state index contributed by atoms with van der Waals surface area (Å²) >= 11 is 5.83. The second-order valence-electron chi connectivity index (χ2n) is 5.30. The highest BCUT2D eigenvalue weighted by molar-refractivity contribution is 6.30. The van der Waals surface area contributed by atoms with Crippen LogP contribution in [0.25, 0.3) is 0 Å². The maximum Gasteiger partial charge on any atom is 0.224 e. The molecule has 1 atom stereocenters. The van der Waals surface area contributed by atoms with Gasteiger partial charge in [-0.05, 0) is 43.0 Å². The second kappa shape index (κ2) is 7.84. The number of carbonyl (C=O) groups excluding carboxylic acids is 1. The van der Waals surface area contributed by atoms with Crippen molar-refractivity contribution in [2.45, 2.75) is 32.2 Å². The summed E-state index contributed by atoms with van der Waals surface area (Å²) in [5.74, 6) is 0.0536. The van der Waals surface area contributed by atoms with E-state index in [2.05, 4.69) is 17.4 Å². The zero-order chi connectivity index (χ0) is 15.1. The van der Waals surface area contributed by atoms with Gasteiger partial charge >= 0.3 is 0 Å². The van der Waals surface area contributed by atoms with Gasteiger partial charge in [-0.1, -0.05) is 54.1 Å². The minimum absolute atomic E-state index is 0.0536. The lowest BCUT2D eigenvalue weighted by molar-refractivity contribution is -0.121. The van der Waals surface area contributed by atoms with Gasteiger partial charge in [-0.3, -0.25) is 4.79 Å². The van der Waals surface area contributed by atoms with Gasteiger partial charge in [0.15, 0.2) is 0 Å². The van der Waals surface area contributed by atoms with Crippen LogP contribution >= 0.6 is 11.6 Å². The van der Waals surface area contributed by atoms with Crippen molar-refractivity contribution in [3.63, 3.8) is 0 Å². The second-order valence-corrected chi connectivity index (χ2v) is 5.73. The number of hydrogen-bond donors (Lipinski definition) is 1. The van der Waals surface area contributed by atoms with Gasteiger partial charge < -0.3 is 5.32 Å². The monoisotopic (exact) mass is 301 g/mol. The molecule has 21 heavy (non-hydrogen) atoms. The molecule has 0 aliphatic rings. The molecule has 0 aromatic heterocycles. The summed E-state index contributed by atoms with van der Waals surface area (Å²) < 4.78 is 0. The summed E-state index contributed by atoms with van der Waals surface area (Å²) in [4.78, 5) is 12.0. The van der Waals surface area contributed by atoms with Crippen LogP contribution in [0.1, 0.15) is 24.5 Å². The van der Waals surface area contributed by atoms with Crippen LogP contribution < -0.4 is 5.32 Å². The van der Waals surface area contributed by atoms with Crippen LogP contribution in [0.5, 0.6) is 0 Å². The molecule has 2 nitrogen and oxygen atoms in total. The van der Waals surface area contributed by atoms with E-state index in [-0.39, 0.29) is 11.9 Å². The Labute approximate surface area is 131 Å². The van der Waals surface area contributed by atoms with Crippen LogP contribution in [0, 0.1) is 0 Å². The van der Waals surface area contributed by atoms with Crippen LogP contribution in [0.3, 0.4) is 0 Å². The average molecular weight is 302 g/mol. The summed E-state index contributed by atoms with van der Waals surface area (Å²) in [5.41, 5.74) is 2.28. The van der Waals surface area contributed by atoms with Crippen LogP contribution in [0.4, 0.5) is 0 Å². The van der Waals surface area contributed by atoms with Crippen LogP contribution in [-0.4, -0.2) is 11.9 Å². The lowest BCUT2D eigenvalue weighted by atomic mass is 10.1. The maximum atomic E-state index is 12.0. The lowest BCUT2D eigenvalue weighted by Crippen LogP contribution is -2.34. The Balaban J connectivity index is 1.75. The number of nitrogens with one attached hydrogen (secondary N) is 1.